The van der Waals surface area contributed by atoms with Gasteiger partial charge in [-0.2, -0.15) is 0 Å². The molecule has 3 heterocycles. The minimum atomic E-state index is 0.160. The van der Waals surface area contributed by atoms with Crippen LogP contribution in [0.2, 0.25) is 0 Å². The van der Waals surface area contributed by atoms with E-state index >= 15 is 0 Å². The largest absolute Gasteiger partial charge is 0.462 e. The van der Waals surface area contributed by atoms with Crippen molar-refractivity contribution in [1.82, 2.24) is 9.88 Å². The second-order valence-electron chi connectivity index (χ2n) is 6.01. The summed E-state index contributed by atoms with van der Waals surface area (Å²) >= 11 is 1.74. The molecule has 1 aliphatic heterocycles. The molecular weight excluding hydrogens is 296 g/mol. The van der Waals surface area contributed by atoms with Gasteiger partial charge in [0.25, 0.3) is 0 Å². The summed E-state index contributed by atoms with van der Waals surface area (Å²) in [5, 5.41) is 0. The molecule has 0 saturated carbocycles. The van der Waals surface area contributed by atoms with Crippen LogP contribution in [0, 0.1) is 6.92 Å². The van der Waals surface area contributed by atoms with Gasteiger partial charge < -0.3 is 9.15 Å². The summed E-state index contributed by atoms with van der Waals surface area (Å²) in [6.07, 6.45) is 4.69. The Balaban J connectivity index is 1.50. The van der Waals surface area contributed by atoms with E-state index in [4.69, 9.17) is 9.15 Å². The summed E-state index contributed by atoms with van der Waals surface area (Å²) in [6, 6.07) is 4.16. The zero-order valence-corrected chi connectivity index (χ0v) is 14.2. The van der Waals surface area contributed by atoms with Gasteiger partial charge in [-0.25, -0.2) is 4.98 Å². The van der Waals surface area contributed by atoms with Gasteiger partial charge in [0.1, 0.15) is 17.6 Å². The Labute approximate surface area is 136 Å². The van der Waals surface area contributed by atoms with E-state index in [1.165, 1.54) is 17.7 Å². The van der Waals surface area contributed by atoms with E-state index in [9.17, 15) is 0 Å². The first kappa shape index (κ1) is 15.7. The van der Waals surface area contributed by atoms with E-state index in [2.05, 4.69) is 36.0 Å². The van der Waals surface area contributed by atoms with Crippen LogP contribution in [0.25, 0.3) is 0 Å². The van der Waals surface area contributed by atoms with Crippen molar-refractivity contribution in [2.24, 2.45) is 0 Å². The Morgan fingerprint density at radius 1 is 1.36 bits per heavy atom. The van der Waals surface area contributed by atoms with Gasteiger partial charge in [0.15, 0.2) is 0 Å². The van der Waals surface area contributed by atoms with Crippen molar-refractivity contribution in [2.45, 2.75) is 45.3 Å². The highest BCUT2D eigenvalue weighted by Gasteiger charge is 2.19. The van der Waals surface area contributed by atoms with Crippen LogP contribution in [-0.4, -0.2) is 30.1 Å². The van der Waals surface area contributed by atoms with Gasteiger partial charge in [0.05, 0.1) is 17.7 Å². The molecule has 1 atom stereocenters. The minimum Gasteiger partial charge on any atom is -0.462 e. The highest BCUT2D eigenvalue weighted by atomic mass is 32.1. The van der Waals surface area contributed by atoms with E-state index in [0.717, 1.165) is 49.8 Å². The third-order valence-corrected chi connectivity index (χ3v) is 5.17. The van der Waals surface area contributed by atoms with Crippen molar-refractivity contribution >= 4 is 11.3 Å². The number of ether oxygens (including phenoxy) is 1. The Bertz CT molecular complexity index is 587. The highest BCUT2D eigenvalue weighted by Crippen LogP contribution is 2.29. The highest BCUT2D eigenvalue weighted by molar-refractivity contribution is 7.09. The maximum atomic E-state index is 5.98. The third kappa shape index (κ3) is 3.97. The second-order valence-corrected chi connectivity index (χ2v) is 6.95. The first-order chi connectivity index (χ1) is 10.7. The van der Waals surface area contributed by atoms with Crippen LogP contribution in [0.15, 0.2) is 22.1 Å². The van der Waals surface area contributed by atoms with Crippen LogP contribution in [0.5, 0.6) is 0 Å². The molecule has 0 unspecified atom stereocenters. The summed E-state index contributed by atoms with van der Waals surface area (Å²) in [5.74, 6) is 2.01. The molecule has 0 spiro atoms. The summed E-state index contributed by atoms with van der Waals surface area (Å²) < 4.78 is 11.8. The second kappa shape index (κ2) is 7.40. The molecule has 0 radical (unpaired) electrons. The van der Waals surface area contributed by atoms with Gasteiger partial charge in [0, 0.05) is 18.0 Å². The van der Waals surface area contributed by atoms with Crippen molar-refractivity contribution in [2.75, 3.05) is 20.2 Å². The number of thiazole rings is 1. The quantitative estimate of drug-likeness (QED) is 0.807. The number of hydrogen-bond acceptors (Lipinski definition) is 5. The summed E-state index contributed by atoms with van der Waals surface area (Å²) in [6.45, 7) is 4.78. The molecule has 1 fully saturated rings. The van der Waals surface area contributed by atoms with E-state index < -0.39 is 0 Å². The normalized spacial score (nSPS) is 19.0. The minimum absolute atomic E-state index is 0.160. The fourth-order valence-electron chi connectivity index (χ4n) is 2.82. The fourth-order valence-corrected chi connectivity index (χ4v) is 3.59. The molecule has 2 aromatic rings. The summed E-state index contributed by atoms with van der Waals surface area (Å²) in [4.78, 5) is 7.97. The van der Waals surface area contributed by atoms with Crippen LogP contribution in [0.3, 0.4) is 0 Å². The van der Waals surface area contributed by atoms with Crippen LogP contribution < -0.4 is 0 Å². The maximum absolute atomic E-state index is 5.98. The molecule has 1 saturated heterocycles. The van der Waals surface area contributed by atoms with Crippen molar-refractivity contribution in [1.29, 1.82) is 0 Å². The number of hydrogen-bond donors (Lipinski definition) is 0. The molecule has 5 heteroatoms. The first-order valence-electron chi connectivity index (χ1n) is 8.00. The molecule has 0 N–H and O–H groups in total. The Hall–Kier alpha value is -1.17. The lowest BCUT2D eigenvalue weighted by Crippen LogP contribution is -2.20. The molecule has 4 nitrogen and oxygen atoms in total. The van der Waals surface area contributed by atoms with Crippen LogP contribution in [0.4, 0.5) is 0 Å². The molecule has 2 aromatic heterocycles. The predicted molar refractivity (Wildman–Crippen MR) is 88.1 cm³/mol. The van der Waals surface area contributed by atoms with E-state index in [1.54, 1.807) is 11.3 Å². The van der Waals surface area contributed by atoms with Gasteiger partial charge in [-0.3, -0.25) is 4.90 Å². The smallest absolute Gasteiger partial charge is 0.133 e. The van der Waals surface area contributed by atoms with E-state index in [0.29, 0.717) is 0 Å². The van der Waals surface area contributed by atoms with Crippen molar-refractivity contribution < 1.29 is 9.15 Å². The molecule has 0 bridgehead atoms. The van der Waals surface area contributed by atoms with Gasteiger partial charge >= 0.3 is 0 Å². The molecule has 0 aliphatic carbocycles. The molecule has 1 aliphatic rings. The van der Waals surface area contributed by atoms with Crippen LogP contribution >= 0.6 is 11.3 Å². The third-order valence-electron chi connectivity index (χ3n) is 4.17. The van der Waals surface area contributed by atoms with Crippen molar-refractivity contribution in [3.63, 3.8) is 0 Å². The number of likely N-dealkylation sites (N-methyl/N-ethyl adjacent to an activating group) is 1. The number of furan rings is 1. The molecular formula is C17H24N2O2S. The predicted octanol–water partition coefficient (Wildman–Crippen LogP) is 3.96. The average Bonchev–Trinajstić information content (AvgIpc) is 3.15. The van der Waals surface area contributed by atoms with Gasteiger partial charge in [-0.15, -0.1) is 11.3 Å². The van der Waals surface area contributed by atoms with Gasteiger partial charge in [-0.1, -0.05) is 0 Å². The Morgan fingerprint density at radius 3 is 3.00 bits per heavy atom. The van der Waals surface area contributed by atoms with Crippen molar-refractivity contribution in [3.05, 3.63) is 39.7 Å². The summed E-state index contributed by atoms with van der Waals surface area (Å²) in [5.41, 5.74) is 3.08. The van der Waals surface area contributed by atoms with Gasteiger partial charge in [-0.05, 0) is 51.8 Å². The fraction of sp³-hybridized carbons (Fsp3) is 0.588. The maximum Gasteiger partial charge on any atom is 0.133 e. The van der Waals surface area contributed by atoms with Crippen LogP contribution in [-0.2, 0) is 17.7 Å². The zero-order valence-electron chi connectivity index (χ0n) is 13.4. The number of rotatable bonds is 6. The Kier molecular flexibility index (Phi) is 5.28. The summed E-state index contributed by atoms with van der Waals surface area (Å²) in [7, 11) is 2.13. The average molecular weight is 320 g/mol. The Morgan fingerprint density at radius 2 is 2.27 bits per heavy atom. The standard InChI is InChI=1S/C17H24N2O2S/c1-13-17(22-12-18-13)8-9-19(2)11-14-6-7-16(21-14)15-5-3-4-10-20-15/h6-7,12,15H,3-5,8-11H2,1-2H3/t15-/m0/s1. The lowest BCUT2D eigenvalue weighted by atomic mass is 10.1. The molecule has 22 heavy (non-hydrogen) atoms. The monoisotopic (exact) mass is 320 g/mol. The van der Waals surface area contributed by atoms with Gasteiger partial charge in [0.2, 0.25) is 0 Å². The zero-order chi connectivity index (χ0) is 15.4. The van der Waals surface area contributed by atoms with Crippen molar-refractivity contribution in [3.8, 4) is 0 Å². The topological polar surface area (TPSA) is 38.5 Å². The van der Waals surface area contributed by atoms with E-state index in [1.807, 2.05) is 5.51 Å². The number of nitrogens with zero attached hydrogens (tertiary/aromatic N) is 2. The SMILES string of the molecule is Cc1ncsc1CCN(C)Cc1ccc([C@@H]2CCCCO2)o1. The van der Waals surface area contributed by atoms with Crippen LogP contribution in [0.1, 0.15) is 47.5 Å². The molecule has 0 amide bonds. The molecule has 3 rings (SSSR count). The first-order valence-corrected chi connectivity index (χ1v) is 8.88. The number of aryl methyl sites for hydroxylation is 1. The molecule has 0 aromatic carbocycles. The lowest BCUT2D eigenvalue weighted by Gasteiger charge is -2.20. The molecule has 120 valence electrons. The number of aromatic nitrogens is 1. The van der Waals surface area contributed by atoms with E-state index in [-0.39, 0.29) is 6.10 Å². The lowest BCUT2D eigenvalue weighted by molar-refractivity contribution is 0.000933.